The van der Waals surface area contributed by atoms with E-state index in [0.717, 1.165) is 5.56 Å². The molecule has 4 rings (SSSR count). The Kier molecular flexibility index (Phi) is 4.52. The molecular formula is C20H18N4O4. The number of carboxylic acids is 1. The number of aliphatic carboxylic acids is 1. The highest BCUT2D eigenvalue weighted by atomic mass is 16.7. The first kappa shape index (κ1) is 17.7. The van der Waals surface area contributed by atoms with Crippen molar-refractivity contribution in [1.29, 1.82) is 0 Å². The Morgan fingerprint density at radius 2 is 2.00 bits per heavy atom. The first-order chi connectivity index (χ1) is 13.6. The lowest BCUT2D eigenvalue weighted by Gasteiger charge is -2.21. The van der Waals surface area contributed by atoms with Crippen LogP contribution in [-0.4, -0.2) is 44.2 Å². The molecule has 0 saturated carbocycles. The summed E-state index contributed by atoms with van der Waals surface area (Å²) in [7, 11) is 0. The van der Waals surface area contributed by atoms with Crippen LogP contribution in [0, 0.1) is 0 Å². The molecule has 0 spiro atoms. The number of carbonyl (C=O) groups excluding carboxylic acids is 1. The number of benzene rings is 1. The first-order valence-electron chi connectivity index (χ1n) is 8.78. The zero-order valence-corrected chi connectivity index (χ0v) is 14.9. The van der Waals surface area contributed by atoms with E-state index in [0.29, 0.717) is 16.9 Å². The molecule has 8 nitrogen and oxygen atoms in total. The average molecular weight is 378 g/mol. The zero-order valence-electron chi connectivity index (χ0n) is 14.9. The molecule has 8 heteroatoms. The van der Waals surface area contributed by atoms with Crippen molar-refractivity contribution in [3.05, 3.63) is 72.2 Å². The molecule has 0 radical (unpaired) electrons. The summed E-state index contributed by atoms with van der Waals surface area (Å²) in [5.74, 6) is -1.39. The van der Waals surface area contributed by atoms with Gasteiger partial charge in [0.05, 0.1) is 17.8 Å². The number of carbonyl (C=O) groups is 2. The van der Waals surface area contributed by atoms with Crippen LogP contribution in [0.4, 0.5) is 0 Å². The third kappa shape index (κ3) is 3.32. The molecule has 3 aromatic rings. The van der Waals surface area contributed by atoms with Gasteiger partial charge in [0, 0.05) is 31.4 Å². The first-order valence-corrected chi connectivity index (χ1v) is 8.78. The Morgan fingerprint density at radius 1 is 1.18 bits per heavy atom. The molecule has 0 bridgehead atoms. The van der Waals surface area contributed by atoms with Crippen LogP contribution in [0.1, 0.15) is 22.3 Å². The molecule has 1 aliphatic heterocycles. The minimum absolute atomic E-state index is 0.102. The lowest BCUT2D eigenvalue weighted by Crippen LogP contribution is -2.42. The highest BCUT2D eigenvalue weighted by molar-refractivity contribution is 6.03. The summed E-state index contributed by atoms with van der Waals surface area (Å²) < 4.78 is 1.75. The van der Waals surface area contributed by atoms with Crippen molar-refractivity contribution in [2.75, 3.05) is 6.54 Å². The number of nitrogens with one attached hydrogen (secondary N) is 1. The number of hydrogen-bond acceptors (Lipinski definition) is 5. The molecule has 0 aliphatic carbocycles. The number of oxime groups is 1. The Hall–Kier alpha value is -3.68. The largest absolute Gasteiger partial charge is 0.478 e. The number of imidazole rings is 1. The number of pyridine rings is 1. The zero-order chi connectivity index (χ0) is 19.6. The van der Waals surface area contributed by atoms with Crippen LogP contribution in [0.25, 0.3) is 5.65 Å². The van der Waals surface area contributed by atoms with E-state index in [4.69, 9.17) is 4.84 Å². The normalized spacial score (nSPS) is 18.5. The quantitative estimate of drug-likeness (QED) is 0.682. The SMILES string of the molecule is O=C(NCC1=NOC(Cc2ccccc2)(C(=O)O)C1)c1cccn2ccnc12. The highest BCUT2D eigenvalue weighted by Crippen LogP contribution is 2.28. The molecular weight excluding hydrogens is 360 g/mol. The third-order valence-electron chi connectivity index (χ3n) is 4.68. The smallest absolute Gasteiger partial charge is 0.351 e. The van der Waals surface area contributed by atoms with Crippen LogP contribution < -0.4 is 5.32 Å². The van der Waals surface area contributed by atoms with Crippen molar-refractivity contribution < 1.29 is 19.5 Å². The van der Waals surface area contributed by atoms with Gasteiger partial charge in [-0.15, -0.1) is 0 Å². The van der Waals surface area contributed by atoms with Crippen LogP contribution >= 0.6 is 0 Å². The third-order valence-corrected chi connectivity index (χ3v) is 4.68. The van der Waals surface area contributed by atoms with E-state index < -0.39 is 11.6 Å². The van der Waals surface area contributed by atoms with E-state index in [1.54, 1.807) is 35.1 Å². The maximum atomic E-state index is 12.5. The van der Waals surface area contributed by atoms with Crippen LogP contribution in [-0.2, 0) is 16.1 Å². The number of carboxylic acid groups (broad SMARTS) is 1. The van der Waals surface area contributed by atoms with Crippen LogP contribution in [0.5, 0.6) is 0 Å². The van der Waals surface area contributed by atoms with Gasteiger partial charge >= 0.3 is 5.97 Å². The van der Waals surface area contributed by atoms with E-state index >= 15 is 0 Å². The molecule has 3 heterocycles. The van der Waals surface area contributed by atoms with Gasteiger partial charge in [-0.1, -0.05) is 35.5 Å². The fourth-order valence-electron chi connectivity index (χ4n) is 3.25. The molecule has 28 heavy (non-hydrogen) atoms. The fourth-order valence-corrected chi connectivity index (χ4v) is 3.25. The number of aromatic nitrogens is 2. The Balaban J connectivity index is 1.43. The summed E-state index contributed by atoms with van der Waals surface area (Å²) >= 11 is 0. The van der Waals surface area contributed by atoms with Crippen molar-refractivity contribution in [3.63, 3.8) is 0 Å². The van der Waals surface area contributed by atoms with Crippen LogP contribution in [0.15, 0.2) is 66.2 Å². The van der Waals surface area contributed by atoms with Gasteiger partial charge in [-0.25, -0.2) is 9.78 Å². The molecule has 142 valence electrons. The highest BCUT2D eigenvalue weighted by Gasteiger charge is 2.46. The van der Waals surface area contributed by atoms with Crippen LogP contribution in [0.2, 0.25) is 0 Å². The second kappa shape index (κ2) is 7.15. The van der Waals surface area contributed by atoms with E-state index in [-0.39, 0.29) is 25.3 Å². The predicted molar refractivity (Wildman–Crippen MR) is 101 cm³/mol. The van der Waals surface area contributed by atoms with Crippen molar-refractivity contribution in [1.82, 2.24) is 14.7 Å². The van der Waals surface area contributed by atoms with Crippen molar-refractivity contribution in [2.24, 2.45) is 5.16 Å². The van der Waals surface area contributed by atoms with E-state index in [2.05, 4.69) is 15.5 Å². The lowest BCUT2D eigenvalue weighted by molar-refractivity contribution is -0.162. The van der Waals surface area contributed by atoms with E-state index in [9.17, 15) is 14.7 Å². The number of amides is 1. The average Bonchev–Trinajstić information content (AvgIpc) is 3.34. The molecule has 2 aromatic heterocycles. The topological polar surface area (TPSA) is 105 Å². The van der Waals surface area contributed by atoms with Gasteiger partial charge in [0.1, 0.15) is 5.65 Å². The molecule has 0 fully saturated rings. The van der Waals surface area contributed by atoms with Crippen molar-refractivity contribution >= 4 is 23.2 Å². The van der Waals surface area contributed by atoms with Gasteiger partial charge in [0.2, 0.25) is 5.60 Å². The lowest BCUT2D eigenvalue weighted by atomic mass is 9.90. The van der Waals surface area contributed by atoms with Gasteiger partial charge < -0.3 is 19.7 Å². The Labute approximate surface area is 160 Å². The number of rotatable bonds is 6. The minimum atomic E-state index is -1.45. The number of nitrogens with zero attached hydrogens (tertiary/aromatic N) is 3. The Bertz CT molecular complexity index is 1060. The van der Waals surface area contributed by atoms with E-state index in [1.165, 1.54) is 0 Å². The minimum Gasteiger partial charge on any atom is -0.478 e. The van der Waals surface area contributed by atoms with Gasteiger partial charge in [0.15, 0.2) is 0 Å². The summed E-state index contributed by atoms with van der Waals surface area (Å²) in [6.07, 6.45) is 5.47. The molecule has 0 saturated heterocycles. The van der Waals surface area contributed by atoms with Gasteiger partial charge in [-0.3, -0.25) is 4.79 Å². The molecule has 1 atom stereocenters. The standard InChI is InChI=1S/C20H18N4O4/c25-18(16-7-4-9-24-10-8-21-17(16)24)22-13-15-12-20(19(26)27,28-23-15)11-14-5-2-1-3-6-14/h1-10H,11-13H2,(H,22,25)(H,26,27). The van der Waals surface area contributed by atoms with Crippen molar-refractivity contribution in [2.45, 2.75) is 18.4 Å². The molecule has 1 amide bonds. The summed E-state index contributed by atoms with van der Waals surface area (Å²) in [6, 6.07) is 12.7. The van der Waals surface area contributed by atoms with Gasteiger partial charge in [0.25, 0.3) is 5.91 Å². The van der Waals surface area contributed by atoms with Gasteiger partial charge in [-0.2, -0.15) is 0 Å². The maximum Gasteiger partial charge on any atom is 0.351 e. The van der Waals surface area contributed by atoms with Gasteiger partial charge in [-0.05, 0) is 17.7 Å². The molecule has 1 aromatic carbocycles. The summed E-state index contributed by atoms with van der Waals surface area (Å²) in [6.45, 7) is 0.102. The van der Waals surface area contributed by atoms with E-state index in [1.807, 2.05) is 30.3 Å². The molecule has 1 aliphatic rings. The molecule has 2 N–H and O–H groups in total. The fraction of sp³-hybridized carbons (Fsp3) is 0.200. The maximum absolute atomic E-state index is 12.5. The molecule has 1 unspecified atom stereocenters. The second-order valence-corrected chi connectivity index (χ2v) is 6.65. The summed E-state index contributed by atoms with van der Waals surface area (Å²) in [5, 5.41) is 16.4. The summed E-state index contributed by atoms with van der Waals surface area (Å²) in [5.41, 5.74) is 0.845. The summed E-state index contributed by atoms with van der Waals surface area (Å²) in [4.78, 5) is 33.9. The predicted octanol–water partition coefficient (Wildman–Crippen LogP) is 1.91. The Morgan fingerprint density at radius 3 is 2.79 bits per heavy atom. The second-order valence-electron chi connectivity index (χ2n) is 6.65. The number of fused-ring (bicyclic) bond motifs is 1. The monoisotopic (exact) mass is 378 g/mol. The van der Waals surface area contributed by atoms with Crippen LogP contribution in [0.3, 0.4) is 0 Å². The van der Waals surface area contributed by atoms with Crippen molar-refractivity contribution in [3.8, 4) is 0 Å². The number of hydrogen-bond donors (Lipinski definition) is 2.